The number of hydrogen-bond acceptors (Lipinski definition) is 2. The molecule has 0 aliphatic heterocycles. The molecule has 0 spiro atoms. The quantitative estimate of drug-likeness (QED) is 0.571. The van der Waals surface area contributed by atoms with Crippen LogP contribution < -0.4 is 5.73 Å². The van der Waals surface area contributed by atoms with E-state index in [0.717, 1.165) is 0 Å². The molecule has 0 aromatic heterocycles. The largest absolute Gasteiger partial charge is 0.368 e. The molecule has 0 aliphatic rings. The monoisotopic (exact) mass is 144 g/mol. The number of nitrogens with zero attached hydrogens (tertiary/aromatic N) is 1. The van der Waals surface area contributed by atoms with Crippen LogP contribution in [-0.4, -0.2) is 29.8 Å². The van der Waals surface area contributed by atoms with Crippen LogP contribution in [0.25, 0.3) is 0 Å². The van der Waals surface area contributed by atoms with Gasteiger partial charge in [0.1, 0.15) is 0 Å². The predicted octanol–water partition coefficient (Wildman–Crippen LogP) is -0.660. The van der Waals surface area contributed by atoms with Crippen molar-refractivity contribution in [2.24, 2.45) is 5.73 Å². The molecule has 0 aromatic rings. The zero-order valence-corrected chi connectivity index (χ0v) is 6.26. The molecule has 4 heteroatoms. The second kappa shape index (κ2) is 3.87. The Morgan fingerprint density at radius 3 is 2.10 bits per heavy atom. The molecule has 0 aromatic carbocycles. The fourth-order valence-corrected chi connectivity index (χ4v) is 0.634. The normalized spacial score (nSPS) is 9.00. The van der Waals surface area contributed by atoms with Gasteiger partial charge in [-0.15, -0.1) is 0 Å². The van der Waals surface area contributed by atoms with Crippen molar-refractivity contribution in [3.05, 3.63) is 0 Å². The van der Waals surface area contributed by atoms with Gasteiger partial charge in [-0.25, -0.2) is 0 Å². The molecule has 0 rings (SSSR count). The second-order valence-corrected chi connectivity index (χ2v) is 2.00. The second-order valence-electron chi connectivity index (χ2n) is 2.00. The van der Waals surface area contributed by atoms with Crippen molar-refractivity contribution >= 4 is 11.8 Å². The summed E-state index contributed by atoms with van der Waals surface area (Å²) in [6, 6.07) is 0. The molecule has 58 valence electrons. The van der Waals surface area contributed by atoms with Crippen LogP contribution in [0.5, 0.6) is 0 Å². The van der Waals surface area contributed by atoms with Crippen LogP contribution in [0.1, 0.15) is 13.8 Å². The van der Waals surface area contributed by atoms with Crippen molar-refractivity contribution in [2.75, 3.05) is 13.1 Å². The van der Waals surface area contributed by atoms with Gasteiger partial charge in [0.15, 0.2) is 0 Å². The summed E-state index contributed by atoms with van der Waals surface area (Å²) >= 11 is 0. The molecule has 0 atom stereocenters. The first kappa shape index (κ1) is 8.94. The average Bonchev–Trinajstić information content (AvgIpc) is 1.81. The van der Waals surface area contributed by atoms with Crippen LogP contribution in [-0.2, 0) is 9.59 Å². The van der Waals surface area contributed by atoms with Crippen molar-refractivity contribution in [2.45, 2.75) is 13.8 Å². The molecule has 0 saturated carbocycles. The van der Waals surface area contributed by atoms with Crippen molar-refractivity contribution in [1.29, 1.82) is 0 Å². The third-order valence-electron chi connectivity index (χ3n) is 1.17. The van der Waals surface area contributed by atoms with Crippen LogP contribution in [0.2, 0.25) is 0 Å². The van der Waals surface area contributed by atoms with E-state index >= 15 is 0 Å². The highest BCUT2D eigenvalue weighted by molar-refractivity contribution is 5.82. The van der Waals surface area contributed by atoms with Gasteiger partial charge in [-0.05, 0) is 6.92 Å². The molecule has 10 heavy (non-hydrogen) atoms. The maximum absolute atomic E-state index is 10.6. The lowest BCUT2D eigenvalue weighted by Crippen LogP contribution is -2.36. The van der Waals surface area contributed by atoms with Gasteiger partial charge in [-0.1, -0.05) is 0 Å². The molecular formula is C6H12N2O2. The fourth-order valence-electron chi connectivity index (χ4n) is 0.634. The molecule has 0 radical (unpaired) electrons. The summed E-state index contributed by atoms with van der Waals surface area (Å²) in [4.78, 5) is 22.3. The van der Waals surface area contributed by atoms with Crippen LogP contribution in [0, 0.1) is 0 Å². The molecule has 0 unspecified atom stereocenters. The van der Waals surface area contributed by atoms with Crippen molar-refractivity contribution < 1.29 is 9.59 Å². The van der Waals surface area contributed by atoms with Crippen molar-refractivity contribution in [3.8, 4) is 0 Å². The summed E-state index contributed by atoms with van der Waals surface area (Å²) in [6.07, 6.45) is 0. The maximum atomic E-state index is 10.6. The third kappa shape index (κ3) is 3.06. The lowest BCUT2D eigenvalue weighted by Gasteiger charge is -2.15. The first-order chi connectivity index (χ1) is 4.57. The Hall–Kier alpha value is -1.06. The fraction of sp³-hybridized carbons (Fsp3) is 0.667. The number of nitrogens with two attached hydrogens (primary N) is 1. The number of hydrogen-bond donors (Lipinski definition) is 1. The van der Waals surface area contributed by atoms with E-state index in [4.69, 9.17) is 5.73 Å². The minimum atomic E-state index is -0.475. The standard InChI is InChI=1S/C6H12N2O2/c1-3-8(5(2)9)4-6(7)10/h3-4H2,1-2H3,(H2,7,10). The minimum absolute atomic E-state index is 0.0197. The number of carbonyl (C=O) groups is 2. The van der Waals surface area contributed by atoms with Crippen LogP contribution in [0.15, 0.2) is 0 Å². The summed E-state index contributed by atoms with van der Waals surface area (Å²) in [5.41, 5.74) is 4.87. The van der Waals surface area contributed by atoms with Crippen LogP contribution in [0.4, 0.5) is 0 Å². The first-order valence-electron chi connectivity index (χ1n) is 3.11. The van der Waals surface area contributed by atoms with E-state index in [1.54, 1.807) is 6.92 Å². The van der Waals surface area contributed by atoms with Gasteiger partial charge in [-0.2, -0.15) is 0 Å². The van der Waals surface area contributed by atoms with Gasteiger partial charge in [0.2, 0.25) is 11.8 Å². The summed E-state index contributed by atoms with van der Waals surface area (Å²) in [6.45, 7) is 3.75. The Morgan fingerprint density at radius 2 is 2.00 bits per heavy atom. The van der Waals surface area contributed by atoms with E-state index < -0.39 is 5.91 Å². The highest BCUT2D eigenvalue weighted by Crippen LogP contribution is 1.86. The van der Waals surface area contributed by atoms with Gasteiger partial charge in [0.25, 0.3) is 0 Å². The Balaban J connectivity index is 3.83. The van der Waals surface area contributed by atoms with Crippen LogP contribution in [0.3, 0.4) is 0 Å². The number of rotatable bonds is 3. The molecule has 0 heterocycles. The lowest BCUT2D eigenvalue weighted by molar-refractivity contribution is -0.133. The van der Waals surface area contributed by atoms with E-state index in [-0.39, 0.29) is 12.5 Å². The summed E-state index contributed by atoms with van der Waals surface area (Å²) in [5, 5.41) is 0. The number of carbonyl (C=O) groups excluding carboxylic acids is 2. The summed E-state index contributed by atoms with van der Waals surface area (Å²) in [7, 11) is 0. The maximum Gasteiger partial charge on any atom is 0.237 e. The van der Waals surface area contributed by atoms with E-state index in [2.05, 4.69) is 0 Å². The SMILES string of the molecule is CCN(CC(N)=O)C(C)=O. The van der Waals surface area contributed by atoms with Crippen molar-refractivity contribution in [3.63, 3.8) is 0 Å². The van der Waals surface area contributed by atoms with Gasteiger partial charge < -0.3 is 10.6 Å². The van der Waals surface area contributed by atoms with Crippen molar-refractivity contribution in [1.82, 2.24) is 4.90 Å². The molecule has 2 amide bonds. The zero-order valence-electron chi connectivity index (χ0n) is 6.26. The molecule has 0 bridgehead atoms. The first-order valence-corrected chi connectivity index (χ1v) is 3.11. The number of likely N-dealkylation sites (N-methyl/N-ethyl adjacent to an activating group) is 1. The molecule has 2 N–H and O–H groups in total. The van der Waals surface area contributed by atoms with Gasteiger partial charge >= 0.3 is 0 Å². The highest BCUT2D eigenvalue weighted by atomic mass is 16.2. The van der Waals surface area contributed by atoms with E-state index in [9.17, 15) is 9.59 Å². The molecule has 0 saturated heterocycles. The predicted molar refractivity (Wildman–Crippen MR) is 37.1 cm³/mol. The zero-order chi connectivity index (χ0) is 8.15. The third-order valence-corrected chi connectivity index (χ3v) is 1.17. The lowest BCUT2D eigenvalue weighted by atomic mass is 10.4. The van der Waals surface area contributed by atoms with Gasteiger partial charge in [0, 0.05) is 13.5 Å². The van der Waals surface area contributed by atoms with E-state index in [1.807, 2.05) is 0 Å². The summed E-state index contributed by atoms with van der Waals surface area (Å²) < 4.78 is 0. The van der Waals surface area contributed by atoms with E-state index in [1.165, 1.54) is 11.8 Å². The van der Waals surface area contributed by atoms with Crippen LogP contribution >= 0.6 is 0 Å². The average molecular weight is 144 g/mol. The summed E-state index contributed by atoms with van der Waals surface area (Å²) in [5.74, 6) is -0.599. The molecule has 0 aliphatic carbocycles. The topological polar surface area (TPSA) is 63.4 Å². The Morgan fingerprint density at radius 1 is 1.50 bits per heavy atom. The molecular weight excluding hydrogens is 132 g/mol. The van der Waals surface area contributed by atoms with Gasteiger partial charge in [0.05, 0.1) is 6.54 Å². The number of primary amides is 1. The highest BCUT2D eigenvalue weighted by Gasteiger charge is 2.07. The Labute approximate surface area is 60.0 Å². The Bertz CT molecular complexity index is 145. The van der Waals surface area contributed by atoms with E-state index in [0.29, 0.717) is 6.54 Å². The molecule has 4 nitrogen and oxygen atoms in total. The number of amides is 2. The minimum Gasteiger partial charge on any atom is -0.368 e. The Kier molecular flexibility index (Phi) is 3.46. The molecule has 0 fully saturated rings. The van der Waals surface area contributed by atoms with Gasteiger partial charge in [-0.3, -0.25) is 9.59 Å². The smallest absolute Gasteiger partial charge is 0.237 e.